The summed E-state index contributed by atoms with van der Waals surface area (Å²) in [6.07, 6.45) is 3.58. The Morgan fingerprint density at radius 2 is 1.79 bits per heavy atom. The van der Waals surface area contributed by atoms with Crippen molar-refractivity contribution in [3.8, 4) is 17.2 Å². The second-order valence-corrected chi connectivity index (χ2v) is 4.58. The molecule has 0 aliphatic rings. The third kappa shape index (κ3) is 2.89. The third-order valence-electron chi connectivity index (χ3n) is 3.13. The summed E-state index contributed by atoms with van der Waals surface area (Å²) in [5.41, 5.74) is 4.62. The highest BCUT2D eigenvalue weighted by Crippen LogP contribution is 2.21. The van der Waals surface area contributed by atoms with E-state index in [0.29, 0.717) is 5.95 Å². The summed E-state index contributed by atoms with van der Waals surface area (Å²) in [5.74, 6) is 0.564. The molecule has 96 valence electrons. The standard InChI is InChI=1S/C15H16N4/c1-11-4-5-13(8-12(11)2)14-9-17-15(18-10-14)19(3)7-6-16/h4-5,8-10H,7H2,1-3H3. The first kappa shape index (κ1) is 13.0. The van der Waals surface area contributed by atoms with Crippen molar-refractivity contribution in [2.24, 2.45) is 0 Å². The number of aryl methyl sites for hydroxylation is 2. The molecule has 0 atom stereocenters. The Morgan fingerprint density at radius 1 is 1.11 bits per heavy atom. The summed E-state index contributed by atoms with van der Waals surface area (Å²) >= 11 is 0. The highest BCUT2D eigenvalue weighted by Gasteiger charge is 2.05. The van der Waals surface area contributed by atoms with Crippen molar-refractivity contribution in [1.29, 1.82) is 5.26 Å². The fourth-order valence-corrected chi connectivity index (χ4v) is 1.77. The average molecular weight is 252 g/mol. The number of hydrogen-bond acceptors (Lipinski definition) is 4. The van der Waals surface area contributed by atoms with Gasteiger partial charge in [-0.3, -0.25) is 0 Å². The van der Waals surface area contributed by atoms with Gasteiger partial charge in [0.15, 0.2) is 0 Å². The summed E-state index contributed by atoms with van der Waals surface area (Å²) in [6, 6.07) is 8.37. The Morgan fingerprint density at radius 3 is 2.37 bits per heavy atom. The summed E-state index contributed by atoms with van der Waals surface area (Å²) in [7, 11) is 1.80. The number of benzene rings is 1. The highest BCUT2D eigenvalue weighted by atomic mass is 15.2. The molecule has 4 heteroatoms. The zero-order valence-electron chi connectivity index (χ0n) is 11.4. The lowest BCUT2D eigenvalue weighted by molar-refractivity contribution is 0.947. The van der Waals surface area contributed by atoms with Crippen molar-refractivity contribution < 1.29 is 0 Å². The van der Waals surface area contributed by atoms with Gasteiger partial charge in [-0.05, 0) is 30.5 Å². The van der Waals surface area contributed by atoms with Gasteiger partial charge in [0.2, 0.25) is 5.95 Å². The summed E-state index contributed by atoms with van der Waals surface area (Å²) in [6.45, 7) is 4.47. The molecule has 1 aromatic carbocycles. The molecule has 2 rings (SSSR count). The molecule has 2 aromatic rings. The maximum atomic E-state index is 8.64. The van der Waals surface area contributed by atoms with Gasteiger partial charge in [-0.25, -0.2) is 9.97 Å². The second-order valence-electron chi connectivity index (χ2n) is 4.58. The quantitative estimate of drug-likeness (QED) is 0.788. The Bertz CT molecular complexity index is 611. The van der Waals surface area contributed by atoms with Crippen LogP contribution in [0, 0.1) is 25.2 Å². The molecule has 0 spiro atoms. The van der Waals surface area contributed by atoms with Gasteiger partial charge in [0.1, 0.15) is 6.54 Å². The van der Waals surface area contributed by atoms with E-state index in [0.717, 1.165) is 11.1 Å². The Hall–Kier alpha value is -2.41. The molecule has 0 aliphatic carbocycles. The van der Waals surface area contributed by atoms with E-state index in [1.807, 2.05) is 0 Å². The smallest absolute Gasteiger partial charge is 0.225 e. The predicted octanol–water partition coefficient (Wildman–Crippen LogP) is 2.72. The van der Waals surface area contributed by atoms with E-state index >= 15 is 0 Å². The molecule has 0 N–H and O–H groups in total. The zero-order valence-corrected chi connectivity index (χ0v) is 11.4. The van der Waals surface area contributed by atoms with Crippen molar-refractivity contribution in [1.82, 2.24) is 9.97 Å². The molecule has 0 saturated heterocycles. The Labute approximate surface area is 113 Å². The molecule has 0 bridgehead atoms. The first-order chi connectivity index (χ1) is 9.11. The molecular weight excluding hydrogens is 236 g/mol. The maximum absolute atomic E-state index is 8.64. The number of nitriles is 1. The van der Waals surface area contributed by atoms with Crippen LogP contribution < -0.4 is 4.90 Å². The molecule has 0 amide bonds. The molecule has 4 nitrogen and oxygen atoms in total. The number of anilines is 1. The van der Waals surface area contributed by atoms with Crippen LogP contribution in [0.25, 0.3) is 11.1 Å². The fourth-order valence-electron chi connectivity index (χ4n) is 1.77. The van der Waals surface area contributed by atoms with Crippen LogP contribution in [0.1, 0.15) is 11.1 Å². The minimum Gasteiger partial charge on any atom is -0.331 e. The van der Waals surface area contributed by atoms with E-state index < -0.39 is 0 Å². The minimum atomic E-state index is 0.281. The lowest BCUT2D eigenvalue weighted by atomic mass is 10.0. The van der Waals surface area contributed by atoms with Crippen molar-refractivity contribution >= 4 is 5.95 Å². The van der Waals surface area contributed by atoms with Crippen LogP contribution in [-0.2, 0) is 0 Å². The first-order valence-corrected chi connectivity index (χ1v) is 6.09. The van der Waals surface area contributed by atoms with Gasteiger partial charge in [-0.15, -0.1) is 0 Å². The van der Waals surface area contributed by atoms with Crippen molar-refractivity contribution in [2.75, 3.05) is 18.5 Å². The van der Waals surface area contributed by atoms with Crippen molar-refractivity contribution in [2.45, 2.75) is 13.8 Å². The van der Waals surface area contributed by atoms with Crippen LogP contribution in [0.4, 0.5) is 5.95 Å². The van der Waals surface area contributed by atoms with Gasteiger partial charge < -0.3 is 4.90 Å². The van der Waals surface area contributed by atoms with E-state index in [-0.39, 0.29) is 6.54 Å². The summed E-state index contributed by atoms with van der Waals surface area (Å²) in [5, 5.41) is 8.64. The number of nitrogens with zero attached hydrogens (tertiary/aromatic N) is 4. The van der Waals surface area contributed by atoms with Gasteiger partial charge in [-0.1, -0.05) is 18.2 Å². The maximum Gasteiger partial charge on any atom is 0.225 e. The van der Waals surface area contributed by atoms with E-state index in [4.69, 9.17) is 5.26 Å². The van der Waals surface area contributed by atoms with Gasteiger partial charge in [0.25, 0.3) is 0 Å². The predicted molar refractivity (Wildman–Crippen MR) is 75.8 cm³/mol. The molecular formula is C15H16N4. The third-order valence-corrected chi connectivity index (χ3v) is 3.13. The topological polar surface area (TPSA) is 52.8 Å². The SMILES string of the molecule is Cc1ccc(-c2cnc(N(C)CC#N)nc2)cc1C. The monoisotopic (exact) mass is 252 g/mol. The zero-order chi connectivity index (χ0) is 13.8. The average Bonchev–Trinajstić information content (AvgIpc) is 2.42. The van der Waals surface area contributed by atoms with Crippen LogP contribution in [-0.4, -0.2) is 23.6 Å². The molecule has 1 heterocycles. The van der Waals surface area contributed by atoms with E-state index in [1.54, 1.807) is 24.3 Å². The largest absolute Gasteiger partial charge is 0.331 e. The van der Waals surface area contributed by atoms with Crippen LogP contribution in [0.15, 0.2) is 30.6 Å². The Kier molecular flexibility index (Phi) is 3.76. The molecule has 1 aromatic heterocycles. The van der Waals surface area contributed by atoms with Crippen LogP contribution in [0.2, 0.25) is 0 Å². The molecule has 0 saturated carbocycles. The van der Waals surface area contributed by atoms with E-state index in [2.05, 4.69) is 48.1 Å². The molecule has 0 fully saturated rings. The highest BCUT2D eigenvalue weighted by molar-refractivity contribution is 5.63. The van der Waals surface area contributed by atoms with Gasteiger partial charge >= 0.3 is 0 Å². The molecule has 0 unspecified atom stereocenters. The normalized spacial score (nSPS) is 10.0. The first-order valence-electron chi connectivity index (χ1n) is 6.09. The summed E-state index contributed by atoms with van der Waals surface area (Å²) in [4.78, 5) is 10.3. The lowest BCUT2D eigenvalue weighted by Crippen LogP contribution is -2.19. The van der Waals surface area contributed by atoms with Crippen LogP contribution in [0.3, 0.4) is 0 Å². The lowest BCUT2D eigenvalue weighted by Gasteiger charge is -2.12. The number of aromatic nitrogens is 2. The van der Waals surface area contributed by atoms with Crippen LogP contribution in [0.5, 0.6) is 0 Å². The number of rotatable bonds is 3. The van der Waals surface area contributed by atoms with Crippen LogP contribution >= 0.6 is 0 Å². The molecule has 0 radical (unpaired) electrons. The second kappa shape index (κ2) is 5.49. The molecule has 19 heavy (non-hydrogen) atoms. The summed E-state index contributed by atoms with van der Waals surface area (Å²) < 4.78 is 0. The Balaban J connectivity index is 2.27. The van der Waals surface area contributed by atoms with Crippen molar-refractivity contribution in [3.63, 3.8) is 0 Å². The van der Waals surface area contributed by atoms with E-state index in [1.165, 1.54) is 11.1 Å². The van der Waals surface area contributed by atoms with Gasteiger partial charge in [0, 0.05) is 25.0 Å². The van der Waals surface area contributed by atoms with Gasteiger partial charge in [-0.2, -0.15) is 5.26 Å². The van der Waals surface area contributed by atoms with E-state index in [9.17, 15) is 0 Å². The van der Waals surface area contributed by atoms with Gasteiger partial charge in [0.05, 0.1) is 6.07 Å². The minimum absolute atomic E-state index is 0.281. The molecule has 0 aliphatic heterocycles. The van der Waals surface area contributed by atoms with Crippen molar-refractivity contribution in [3.05, 3.63) is 41.7 Å². The number of hydrogen-bond donors (Lipinski definition) is 0. The fraction of sp³-hybridized carbons (Fsp3) is 0.267.